The number of fused-ring (bicyclic) bond motifs is 1. The molecule has 7 nitrogen and oxygen atoms in total. The molecule has 0 fully saturated rings. The highest BCUT2D eigenvalue weighted by Gasteiger charge is 2.27. The van der Waals surface area contributed by atoms with E-state index in [1.54, 1.807) is 35.2 Å². The Labute approximate surface area is 191 Å². The number of anilines is 3. The van der Waals surface area contributed by atoms with Crippen molar-refractivity contribution in [3.8, 4) is 0 Å². The van der Waals surface area contributed by atoms with Crippen molar-refractivity contribution in [2.45, 2.75) is 31.1 Å². The van der Waals surface area contributed by atoms with Crippen LogP contribution in [0.3, 0.4) is 0 Å². The largest absolute Gasteiger partial charge is 0.326 e. The van der Waals surface area contributed by atoms with Gasteiger partial charge in [0.1, 0.15) is 0 Å². The van der Waals surface area contributed by atoms with Gasteiger partial charge in [0, 0.05) is 24.3 Å². The number of hydrogen-bond donors (Lipinski definition) is 2. The Hall–Kier alpha value is -3.17. The Morgan fingerprint density at radius 1 is 1.06 bits per heavy atom. The zero-order valence-electron chi connectivity index (χ0n) is 17.5. The average molecular weight is 470 g/mol. The molecule has 0 radical (unpaired) electrons. The molecule has 2 heterocycles. The van der Waals surface area contributed by atoms with Crippen LogP contribution in [0.4, 0.5) is 17.1 Å². The van der Waals surface area contributed by atoms with Crippen LogP contribution in [-0.2, 0) is 21.2 Å². The fourth-order valence-corrected chi connectivity index (χ4v) is 5.29. The molecule has 1 aliphatic heterocycles. The van der Waals surface area contributed by atoms with Gasteiger partial charge < -0.3 is 10.2 Å². The summed E-state index contributed by atoms with van der Waals surface area (Å²) in [6, 6.07) is 14.9. The predicted octanol–water partition coefficient (Wildman–Crippen LogP) is 4.49. The van der Waals surface area contributed by atoms with Crippen molar-refractivity contribution in [1.29, 1.82) is 0 Å². The number of sulfonamides is 1. The number of nitrogens with zero attached hydrogens (tertiary/aromatic N) is 1. The molecule has 32 heavy (non-hydrogen) atoms. The highest BCUT2D eigenvalue weighted by atomic mass is 32.2. The first-order valence-electron chi connectivity index (χ1n) is 10.3. The van der Waals surface area contributed by atoms with Gasteiger partial charge in [-0.15, -0.1) is 11.3 Å². The molecular weight excluding hydrogens is 446 g/mol. The predicted molar refractivity (Wildman–Crippen MR) is 127 cm³/mol. The number of thiophene rings is 1. The van der Waals surface area contributed by atoms with Crippen molar-refractivity contribution in [1.82, 2.24) is 0 Å². The summed E-state index contributed by atoms with van der Waals surface area (Å²) in [4.78, 5) is 26.9. The molecule has 0 bridgehead atoms. The minimum Gasteiger partial charge on any atom is -0.326 e. The van der Waals surface area contributed by atoms with Crippen molar-refractivity contribution < 1.29 is 18.0 Å². The minimum absolute atomic E-state index is 0.0815. The van der Waals surface area contributed by atoms with E-state index in [-0.39, 0.29) is 16.7 Å². The van der Waals surface area contributed by atoms with Gasteiger partial charge in [-0.3, -0.25) is 14.3 Å². The van der Waals surface area contributed by atoms with Crippen molar-refractivity contribution in [3.63, 3.8) is 0 Å². The van der Waals surface area contributed by atoms with E-state index >= 15 is 0 Å². The van der Waals surface area contributed by atoms with Gasteiger partial charge in [-0.05, 0) is 66.2 Å². The molecule has 0 spiro atoms. The van der Waals surface area contributed by atoms with Crippen molar-refractivity contribution in [3.05, 3.63) is 70.4 Å². The van der Waals surface area contributed by atoms with E-state index in [4.69, 9.17) is 0 Å². The summed E-state index contributed by atoms with van der Waals surface area (Å²) in [6.45, 7) is 2.48. The van der Waals surface area contributed by atoms with Crippen LogP contribution in [0.1, 0.15) is 35.0 Å². The molecule has 1 aromatic heterocycles. The molecule has 166 valence electrons. The Kier molecular flexibility index (Phi) is 6.29. The van der Waals surface area contributed by atoms with E-state index in [1.807, 2.05) is 24.4 Å². The first-order valence-corrected chi connectivity index (χ1v) is 12.6. The first kappa shape index (κ1) is 22.0. The zero-order valence-corrected chi connectivity index (χ0v) is 19.1. The van der Waals surface area contributed by atoms with Crippen LogP contribution in [-0.4, -0.2) is 26.8 Å². The number of benzene rings is 2. The van der Waals surface area contributed by atoms with Gasteiger partial charge in [0.25, 0.3) is 15.9 Å². The number of carbonyl (C=O) groups excluding carboxylic acids is 2. The summed E-state index contributed by atoms with van der Waals surface area (Å²) in [5.74, 6) is -0.194. The van der Waals surface area contributed by atoms with Crippen LogP contribution in [0, 0.1) is 0 Å². The monoisotopic (exact) mass is 469 g/mol. The Morgan fingerprint density at radius 2 is 1.81 bits per heavy atom. The van der Waals surface area contributed by atoms with E-state index in [0.717, 1.165) is 24.1 Å². The van der Waals surface area contributed by atoms with Crippen LogP contribution in [0.5, 0.6) is 0 Å². The van der Waals surface area contributed by atoms with E-state index < -0.39 is 10.0 Å². The van der Waals surface area contributed by atoms with E-state index in [1.165, 1.54) is 23.5 Å². The summed E-state index contributed by atoms with van der Waals surface area (Å²) >= 11 is 1.38. The normalized spacial score (nSPS) is 13.0. The van der Waals surface area contributed by atoms with E-state index in [9.17, 15) is 18.0 Å². The lowest BCUT2D eigenvalue weighted by Gasteiger charge is -2.17. The molecule has 9 heteroatoms. The molecule has 0 aliphatic carbocycles. The third-order valence-electron chi connectivity index (χ3n) is 5.14. The molecular formula is C23H23N3O4S2. The molecule has 0 unspecified atom stereocenters. The molecule has 2 amide bonds. The van der Waals surface area contributed by atoms with Crippen LogP contribution < -0.4 is 14.9 Å². The number of rotatable bonds is 7. The fourth-order valence-electron chi connectivity index (χ4n) is 3.57. The lowest BCUT2D eigenvalue weighted by atomic mass is 10.1. The fraction of sp³-hybridized carbons (Fsp3) is 0.217. The van der Waals surface area contributed by atoms with Gasteiger partial charge in [0.15, 0.2) is 0 Å². The van der Waals surface area contributed by atoms with E-state index in [0.29, 0.717) is 29.2 Å². The summed E-state index contributed by atoms with van der Waals surface area (Å²) in [7, 11) is -3.83. The topological polar surface area (TPSA) is 95.6 Å². The number of carbonyl (C=O) groups is 2. The molecule has 0 saturated heterocycles. The Balaban J connectivity index is 1.51. The van der Waals surface area contributed by atoms with E-state index in [2.05, 4.69) is 10.0 Å². The summed E-state index contributed by atoms with van der Waals surface area (Å²) in [5, 5.41) is 4.59. The average Bonchev–Trinajstić information content (AvgIpc) is 3.44. The maximum absolute atomic E-state index is 12.9. The SMILES string of the molecule is CCCC(=O)Nc1ccc(S(=O)(=O)Nc2ccc3c(c2)N(C(=O)c2cccs2)CC3)cc1. The Morgan fingerprint density at radius 3 is 2.50 bits per heavy atom. The third-order valence-corrected chi connectivity index (χ3v) is 7.39. The van der Waals surface area contributed by atoms with Crippen LogP contribution in [0.25, 0.3) is 0 Å². The van der Waals surface area contributed by atoms with Crippen molar-refractivity contribution in [2.24, 2.45) is 0 Å². The van der Waals surface area contributed by atoms with Gasteiger partial charge in [-0.2, -0.15) is 0 Å². The summed E-state index contributed by atoms with van der Waals surface area (Å²) in [6.07, 6.45) is 1.87. The Bertz CT molecular complexity index is 1240. The van der Waals surface area contributed by atoms with Crippen LogP contribution in [0.15, 0.2) is 64.9 Å². The lowest BCUT2D eigenvalue weighted by molar-refractivity contribution is -0.116. The van der Waals surface area contributed by atoms with Crippen molar-refractivity contribution >= 4 is 50.2 Å². The minimum atomic E-state index is -3.83. The lowest BCUT2D eigenvalue weighted by Crippen LogP contribution is -2.28. The number of hydrogen-bond acceptors (Lipinski definition) is 5. The van der Waals surface area contributed by atoms with Gasteiger partial charge in [0.05, 0.1) is 15.5 Å². The highest BCUT2D eigenvalue weighted by molar-refractivity contribution is 7.92. The highest BCUT2D eigenvalue weighted by Crippen LogP contribution is 2.33. The van der Waals surface area contributed by atoms with Gasteiger partial charge in [-0.25, -0.2) is 8.42 Å². The van der Waals surface area contributed by atoms with Crippen LogP contribution >= 0.6 is 11.3 Å². The summed E-state index contributed by atoms with van der Waals surface area (Å²) in [5.41, 5.74) is 2.65. The molecule has 4 rings (SSSR count). The van der Waals surface area contributed by atoms with Gasteiger partial charge in [0.2, 0.25) is 5.91 Å². The molecule has 0 saturated carbocycles. The maximum Gasteiger partial charge on any atom is 0.268 e. The molecule has 2 N–H and O–H groups in total. The quantitative estimate of drug-likeness (QED) is 0.533. The van der Waals surface area contributed by atoms with Gasteiger partial charge in [-0.1, -0.05) is 19.1 Å². The smallest absolute Gasteiger partial charge is 0.268 e. The van der Waals surface area contributed by atoms with Crippen LogP contribution in [0.2, 0.25) is 0 Å². The molecule has 2 aromatic carbocycles. The second-order valence-corrected chi connectivity index (χ2v) is 10.1. The zero-order chi connectivity index (χ0) is 22.7. The standard InChI is InChI=1S/C23H23N3O4S2/c1-2-4-22(27)24-17-8-10-19(11-9-17)32(29,30)25-18-7-6-16-12-13-26(20(16)15-18)23(28)21-5-3-14-31-21/h3,5-11,14-15,25H,2,4,12-13H2,1H3,(H,24,27). The molecule has 3 aromatic rings. The molecule has 1 aliphatic rings. The second-order valence-electron chi connectivity index (χ2n) is 7.46. The number of nitrogens with one attached hydrogen (secondary N) is 2. The van der Waals surface area contributed by atoms with Gasteiger partial charge >= 0.3 is 0 Å². The second kappa shape index (κ2) is 9.13. The number of amides is 2. The van der Waals surface area contributed by atoms with Crippen molar-refractivity contribution in [2.75, 3.05) is 21.5 Å². The first-order chi connectivity index (χ1) is 15.4. The summed E-state index contributed by atoms with van der Waals surface area (Å²) < 4.78 is 28.3. The maximum atomic E-state index is 12.9. The molecule has 0 atom stereocenters. The third kappa shape index (κ3) is 4.68.